The molecule has 0 aliphatic rings. The van der Waals surface area contributed by atoms with Gasteiger partial charge < -0.3 is 14.5 Å². The van der Waals surface area contributed by atoms with Crippen LogP contribution in [0.25, 0.3) is 10.2 Å². The van der Waals surface area contributed by atoms with Crippen molar-refractivity contribution in [3.63, 3.8) is 0 Å². The molecule has 2 heterocycles. The fourth-order valence-corrected chi connectivity index (χ4v) is 2.84. The lowest BCUT2D eigenvalue weighted by atomic mass is 10.2. The van der Waals surface area contributed by atoms with Gasteiger partial charge in [-0.1, -0.05) is 30.3 Å². The van der Waals surface area contributed by atoms with Crippen LogP contribution in [0.5, 0.6) is 0 Å². The Hall–Kier alpha value is -3.20. The van der Waals surface area contributed by atoms with Gasteiger partial charge in [-0.2, -0.15) is 4.98 Å². The van der Waals surface area contributed by atoms with E-state index in [1.165, 1.54) is 11.3 Å². The van der Waals surface area contributed by atoms with Gasteiger partial charge in [0.05, 0.1) is 5.39 Å². The number of ether oxygens (including phenoxy) is 1. The highest BCUT2D eigenvalue weighted by molar-refractivity contribution is 7.16. The normalized spacial score (nSPS) is 10.5. The Morgan fingerprint density at radius 2 is 2.00 bits per heavy atom. The first kappa shape index (κ1) is 17.6. The monoisotopic (exact) mass is 373 g/mol. The molecule has 26 heavy (non-hydrogen) atoms. The van der Waals surface area contributed by atoms with E-state index in [2.05, 4.69) is 15.6 Å². The van der Waals surface area contributed by atoms with Gasteiger partial charge in [-0.05, 0) is 17.0 Å². The highest BCUT2D eigenvalue weighted by Crippen LogP contribution is 2.16. The van der Waals surface area contributed by atoms with Crippen LogP contribution < -0.4 is 16.3 Å². The van der Waals surface area contributed by atoms with Gasteiger partial charge in [0.2, 0.25) is 5.91 Å². The summed E-state index contributed by atoms with van der Waals surface area (Å²) in [6.07, 6.45) is -0.639. The molecule has 0 atom stereocenters. The summed E-state index contributed by atoms with van der Waals surface area (Å²) in [5.41, 5.74) is 0.305. The van der Waals surface area contributed by atoms with Gasteiger partial charge in [0, 0.05) is 13.0 Å². The molecule has 0 bridgehead atoms. The van der Waals surface area contributed by atoms with Crippen molar-refractivity contribution in [2.24, 2.45) is 0 Å². The molecule has 2 N–H and O–H groups in total. The number of fused-ring (bicyclic) bond motifs is 1. The number of hydrogen-bond donors (Lipinski definition) is 2. The Labute approximate surface area is 151 Å². The molecule has 0 aliphatic heterocycles. The summed E-state index contributed by atoms with van der Waals surface area (Å²) in [5.74, 6) is -0.445. The lowest BCUT2D eigenvalue weighted by Crippen LogP contribution is -2.28. The van der Waals surface area contributed by atoms with Crippen LogP contribution in [0.3, 0.4) is 0 Å². The molecular weight excluding hydrogens is 358 g/mol. The number of rotatable bonds is 6. The number of nitrogens with one attached hydrogen (secondary N) is 2. The van der Waals surface area contributed by atoms with Crippen molar-refractivity contribution in [1.82, 2.24) is 10.3 Å². The van der Waals surface area contributed by atoms with E-state index in [0.29, 0.717) is 10.2 Å². The lowest BCUT2D eigenvalue weighted by molar-refractivity contribution is -0.116. The minimum Gasteiger partial charge on any atom is -0.445 e. The zero-order chi connectivity index (χ0) is 18.4. The highest BCUT2D eigenvalue weighted by atomic mass is 32.1. The number of amides is 2. The Bertz CT molecular complexity index is 967. The van der Waals surface area contributed by atoms with Crippen LogP contribution in [0.1, 0.15) is 12.0 Å². The maximum absolute atomic E-state index is 11.9. The standard InChI is InChI=1S/C17H15N3O5S/c21-13(19-16-20-14-12(7-9-26-14)15(22)25-16)6-8-18-17(23)24-10-11-4-2-1-3-5-11/h1-5,7,9H,6,8,10H2,(H,18,23)(H,19,20,21). The van der Waals surface area contributed by atoms with Gasteiger partial charge in [-0.25, -0.2) is 9.59 Å². The Morgan fingerprint density at radius 1 is 1.19 bits per heavy atom. The largest absolute Gasteiger partial charge is 0.445 e. The number of anilines is 1. The second-order valence-corrected chi connectivity index (χ2v) is 6.13. The Balaban J connectivity index is 1.42. The second kappa shape index (κ2) is 8.26. The van der Waals surface area contributed by atoms with Crippen molar-refractivity contribution in [2.75, 3.05) is 11.9 Å². The van der Waals surface area contributed by atoms with E-state index in [0.717, 1.165) is 5.56 Å². The van der Waals surface area contributed by atoms with Crippen LogP contribution in [-0.4, -0.2) is 23.5 Å². The van der Waals surface area contributed by atoms with Crippen LogP contribution in [0.2, 0.25) is 0 Å². The number of nitrogens with zero attached hydrogens (tertiary/aromatic N) is 1. The van der Waals surface area contributed by atoms with E-state index in [1.54, 1.807) is 11.4 Å². The van der Waals surface area contributed by atoms with Crippen LogP contribution in [-0.2, 0) is 16.1 Å². The van der Waals surface area contributed by atoms with Crippen molar-refractivity contribution >= 4 is 39.6 Å². The quantitative estimate of drug-likeness (QED) is 0.687. The molecule has 3 aromatic rings. The Kier molecular flexibility index (Phi) is 5.59. The summed E-state index contributed by atoms with van der Waals surface area (Å²) in [4.78, 5) is 39.7. The third kappa shape index (κ3) is 4.67. The maximum Gasteiger partial charge on any atom is 0.407 e. The van der Waals surface area contributed by atoms with Gasteiger partial charge in [0.1, 0.15) is 11.4 Å². The van der Waals surface area contributed by atoms with E-state index in [-0.39, 0.29) is 25.6 Å². The Morgan fingerprint density at radius 3 is 2.81 bits per heavy atom. The highest BCUT2D eigenvalue weighted by Gasteiger charge is 2.11. The van der Waals surface area contributed by atoms with Crippen LogP contribution >= 0.6 is 11.3 Å². The van der Waals surface area contributed by atoms with Crippen molar-refractivity contribution < 1.29 is 18.7 Å². The molecule has 9 heteroatoms. The molecule has 0 radical (unpaired) electrons. The summed E-state index contributed by atoms with van der Waals surface area (Å²) in [7, 11) is 0. The summed E-state index contributed by atoms with van der Waals surface area (Å²) >= 11 is 1.27. The molecular formula is C17H15N3O5S. The number of hydrogen-bond acceptors (Lipinski definition) is 7. The van der Waals surface area contributed by atoms with Crippen LogP contribution in [0.15, 0.2) is 51.0 Å². The topological polar surface area (TPSA) is 111 Å². The smallest absolute Gasteiger partial charge is 0.407 e. The molecule has 0 spiro atoms. The first-order valence-electron chi connectivity index (χ1n) is 7.74. The molecule has 0 aliphatic carbocycles. The zero-order valence-electron chi connectivity index (χ0n) is 13.6. The summed E-state index contributed by atoms with van der Waals surface area (Å²) in [6.45, 7) is 0.222. The van der Waals surface area contributed by atoms with Crippen molar-refractivity contribution in [1.29, 1.82) is 0 Å². The number of aromatic nitrogens is 1. The molecule has 2 amide bonds. The molecule has 134 valence electrons. The third-order valence-electron chi connectivity index (χ3n) is 3.34. The first-order chi connectivity index (χ1) is 12.6. The van der Waals surface area contributed by atoms with Crippen molar-refractivity contribution in [2.45, 2.75) is 13.0 Å². The van der Waals surface area contributed by atoms with Gasteiger partial charge in [0.15, 0.2) is 0 Å². The third-order valence-corrected chi connectivity index (χ3v) is 4.14. The molecule has 0 unspecified atom stereocenters. The van der Waals surface area contributed by atoms with Crippen LogP contribution in [0, 0.1) is 0 Å². The van der Waals surface area contributed by atoms with Gasteiger partial charge in [-0.3, -0.25) is 10.1 Å². The number of carbonyl (C=O) groups excluding carboxylic acids is 2. The minimum atomic E-state index is -0.619. The zero-order valence-corrected chi connectivity index (χ0v) is 14.4. The number of carbonyl (C=O) groups is 2. The molecule has 8 nitrogen and oxygen atoms in total. The summed E-state index contributed by atoms with van der Waals surface area (Å²) < 4.78 is 9.96. The number of benzene rings is 1. The minimum absolute atomic E-state index is 0.0195. The van der Waals surface area contributed by atoms with Gasteiger partial charge in [-0.15, -0.1) is 11.3 Å². The van der Waals surface area contributed by atoms with E-state index >= 15 is 0 Å². The molecule has 1 aromatic carbocycles. The molecule has 0 saturated heterocycles. The van der Waals surface area contributed by atoms with E-state index in [9.17, 15) is 14.4 Å². The SMILES string of the molecule is O=C(CCNC(=O)OCc1ccccc1)Nc1nc2sccc2c(=O)o1. The predicted octanol–water partition coefficient (Wildman–Crippen LogP) is 2.50. The number of thiophene rings is 1. The first-order valence-corrected chi connectivity index (χ1v) is 8.62. The van der Waals surface area contributed by atoms with Crippen molar-refractivity contribution in [3.8, 4) is 0 Å². The molecule has 2 aromatic heterocycles. The predicted molar refractivity (Wildman–Crippen MR) is 96.0 cm³/mol. The van der Waals surface area contributed by atoms with Gasteiger partial charge in [0.25, 0.3) is 0 Å². The fourth-order valence-electron chi connectivity index (χ4n) is 2.09. The van der Waals surface area contributed by atoms with E-state index in [4.69, 9.17) is 9.15 Å². The average molecular weight is 373 g/mol. The van der Waals surface area contributed by atoms with Crippen LogP contribution in [0.4, 0.5) is 10.8 Å². The van der Waals surface area contributed by atoms with Crippen molar-refractivity contribution in [3.05, 3.63) is 57.8 Å². The van der Waals surface area contributed by atoms with E-state index < -0.39 is 17.6 Å². The summed E-state index contributed by atoms with van der Waals surface area (Å²) in [5, 5.41) is 6.95. The average Bonchev–Trinajstić information content (AvgIpc) is 3.10. The molecule has 0 fully saturated rings. The number of alkyl carbamates (subject to hydrolysis) is 1. The van der Waals surface area contributed by atoms with Gasteiger partial charge >= 0.3 is 17.7 Å². The molecule has 0 saturated carbocycles. The summed E-state index contributed by atoms with van der Waals surface area (Å²) in [6, 6.07) is 10.7. The maximum atomic E-state index is 11.9. The van der Waals surface area contributed by atoms with E-state index in [1.807, 2.05) is 30.3 Å². The second-order valence-electron chi connectivity index (χ2n) is 5.23. The lowest BCUT2D eigenvalue weighted by Gasteiger charge is -2.07. The molecule has 3 rings (SSSR count). The fraction of sp³-hybridized carbons (Fsp3) is 0.176.